The largest absolute Gasteiger partial charge is 0.395 e. The molecule has 7 heavy (non-hydrogen) atoms. The summed E-state index contributed by atoms with van der Waals surface area (Å²) in [6.07, 6.45) is 2.02. The molecular weight excluding hydrogens is 110 g/mol. The summed E-state index contributed by atoms with van der Waals surface area (Å²) in [6, 6.07) is 0. The Kier molecular flexibility index (Phi) is 6.51. The fraction of sp³-hybridized carbons (Fsp3) is 1.00. The van der Waals surface area contributed by atoms with E-state index in [1.54, 1.807) is 11.8 Å². The molecule has 0 amide bonds. The summed E-state index contributed by atoms with van der Waals surface area (Å²) < 4.78 is 0. The summed E-state index contributed by atoms with van der Waals surface area (Å²) >= 11 is 1.72. The van der Waals surface area contributed by atoms with E-state index in [0.717, 1.165) is 5.88 Å². The van der Waals surface area contributed by atoms with Crippen LogP contribution >= 0.6 is 11.8 Å². The number of aliphatic hydroxyl groups excluding tert-OH is 1. The Morgan fingerprint density at radius 2 is 2.43 bits per heavy atom. The Balaban J connectivity index is 2.45. The van der Waals surface area contributed by atoms with Gasteiger partial charge in [-0.15, -0.1) is 11.8 Å². The van der Waals surface area contributed by atoms with E-state index in [9.17, 15) is 0 Å². The van der Waals surface area contributed by atoms with Gasteiger partial charge >= 0.3 is 0 Å². The molecule has 0 heterocycles. The number of thioether (sulfide) groups is 1. The molecule has 0 aliphatic rings. The third-order valence-electron chi connectivity index (χ3n) is 0.535. The summed E-state index contributed by atoms with van der Waals surface area (Å²) in [7, 11) is 0. The predicted octanol–water partition coefficient (Wildman–Crippen LogP) is -0.111. The second-order valence-electron chi connectivity index (χ2n) is 1.16. The number of hydrogen-bond donors (Lipinski definition) is 2. The zero-order valence-electron chi connectivity index (χ0n) is 4.48. The van der Waals surface area contributed by atoms with E-state index in [-0.39, 0.29) is 6.61 Å². The Morgan fingerprint density at radius 1 is 1.71 bits per heavy atom. The summed E-state index contributed by atoms with van der Waals surface area (Å²) in [5, 5.41) is 11.2. The molecule has 0 aromatic heterocycles. The molecule has 44 valence electrons. The van der Waals surface area contributed by atoms with Gasteiger partial charge in [-0.3, -0.25) is 0 Å². The first-order chi connectivity index (χ1) is 3.41. The first-order valence-electron chi connectivity index (χ1n) is 2.22. The summed E-state index contributed by atoms with van der Waals surface area (Å²) in [5.74, 6) is 0.931. The zero-order valence-corrected chi connectivity index (χ0v) is 5.29. The zero-order chi connectivity index (χ0) is 5.54. The molecule has 0 saturated heterocycles. The normalized spacial score (nSPS) is 9.43. The molecule has 0 rings (SSSR count). The van der Waals surface area contributed by atoms with Gasteiger partial charge in [0.1, 0.15) is 0 Å². The van der Waals surface area contributed by atoms with Crippen LogP contribution in [0.25, 0.3) is 0 Å². The standard InChI is InChI=1S/C4H11NOS/c1-7-4-5-2-3-6/h5-6H,2-4H2,1H3. The number of nitrogens with one attached hydrogen (secondary N) is 1. The minimum absolute atomic E-state index is 0.237. The third kappa shape index (κ3) is 6.27. The van der Waals surface area contributed by atoms with Crippen molar-refractivity contribution in [3.63, 3.8) is 0 Å². The first kappa shape index (κ1) is 7.27. The third-order valence-corrected chi connectivity index (χ3v) is 1.03. The molecule has 0 aromatic carbocycles. The van der Waals surface area contributed by atoms with Gasteiger partial charge in [0, 0.05) is 12.4 Å². The molecule has 0 saturated carbocycles. The van der Waals surface area contributed by atoms with E-state index in [0.29, 0.717) is 6.54 Å². The van der Waals surface area contributed by atoms with E-state index >= 15 is 0 Å². The van der Waals surface area contributed by atoms with Crippen molar-refractivity contribution in [1.82, 2.24) is 5.32 Å². The van der Waals surface area contributed by atoms with E-state index in [2.05, 4.69) is 5.32 Å². The molecule has 3 heteroatoms. The first-order valence-corrected chi connectivity index (χ1v) is 3.61. The lowest BCUT2D eigenvalue weighted by atomic mass is 10.7. The van der Waals surface area contributed by atoms with Gasteiger partial charge in [-0.1, -0.05) is 0 Å². The SMILES string of the molecule is CSCNCCO. The molecule has 0 unspecified atom stereocenters. The average molecular weight is 121 g/mol. The molecule has 0 atom stereocenters. The van der Waals surface area contributed by atoms with Crippen LogP contribution in [0.15, 0.2) is 0 Å². The lowest BCUT2D eigenvalue weighted by molar-refractivity contribution is 0.296. The van der Waals surface area contributed by atoms with Crippen molar-refractivity contribution in [3.05, 3.63) is 0 Å². The van der Waals surface area contributed by atoms with Crippen LogP contribution in [0.5, 0.6) is 0 Å². The maximum Gasteiger partial charge on any atom is 0.0556 e. The predicted molar refractivity (Wildman–Crippen MR) is 33.5 cm³/mol. The van der Waals surface area contributed by atoms with E-state index in [4.69, 9.17) is 5.11 Å². The highest BCUT2D eigenvalue weighted by Gasteiger charge is 1.77. The summed E-state index contributed by atoms with van der Waals surface area (Å²) in [6.45, 7) is 0.946. The molecule has 0 bridgehead atoms. The van der Waals surface area contributed by atoms with Crippen LogP contribution in [-0.2, 0) is 0 Å². The van der Waals surface area contributed by atoms with Gasteiger partial charge in [-0.2, -0.15) is 0 Å². The molecule has 2 nitrogen and oxygen atoms in total. The highest BCUT2D eigenvalue weighted by Crippen LogP contribution is 1.82. The Hall–Kier alpha value is 0.270. The van der Waals surface area contributed by atoms with Crippen LogP contribution in [-0.4, -0.2) is 30.4 Å². The fourth-order valence-electron chi connectivity index (χ4n) is 0.253. The second kappa shape index (κ2) is 6.27. The van der Waals surface area contributed by atoms with Crippen LogP contribution in [0, 0.1) is 0 Å². The molecule has 0 aromatic rings. The summed E-state index contributed by atoms with van der Waals surface area (Å²) in [4.78, 5) is 0. The van der Waals surface area contributed by atoms with Crippen molar-refractivity contribution >= 4 is 11.8 Å². The van der Waals surface area contributed by atoms with Crippen LogP contribution < -0.4 is 5.32 Å². The summed E-state index contributed by atoms with van der Waals surface area (Å²) in [5.41, 5.74) is 0. The number of hydrogen-bond acceptors (Lipinski definition) is 3. The topological polar surface area (TPSA) is 32.3 Å². The monoisotopic (exact) mass is 121 g/mol. The minimum atomic E-state index is 0.237. The van der Waals surface area contributed by atoms with Gasteiger partial charge in [0.15, 0.2) is 0 Å². The van der Waals surface area contributed by atoms with E-state index in [1.165, 1.54) is 0 Å². The van der Waals surface area contributed by atoms with Gasteiger partial charge in [0.05, 0.1) is 6.61 Å². The van der Waals surface area contributed by atoms with Crippen LogP contribution in [0.3, 0.4) is 0 Å². The molecule has 0 aliphatic carbocycles. The van der Waals surface area contributed by atoms with Gasteiger partial charge in [-0.05, 0) is 6.26 Å². The van der Waals surface area contributed by atoms with E-state index in [1.807, 2.05) is 6.26 Å². The smallest absolute Gasteiger partial charge is 0.0556 e. The van der Waals surface area contributed by atoms with Crippen molar-refractivity contribution in [2.75, 3.05) is 25.3 Å². The van der Waals surface area contributed by atoms with Crippen molar-refractivity contribution in [2.24, 2.45) is 0 Å². The van der Waals surface area contributed by atoms with Gasteiger partial charge < -0.3 is 10.4 Å². The highest BCUT2D eigenvalue weighted by atomic mass is 32.2. The van der Waals surface area contributed by atoms with Crippen LogP contribution in [0.1, 0.15) is 0 Å². The molecule has 0 radical (unpaired) electrons. The van der Waals surface area contributed by atoms with Crippen molar-refractivity contribution in [1.29, 1.82) is 0 Å². The molecule has 0 spiro atoms. The Morgan fingerprint density at radius 3 is 2.86 bits per heavy atom. The van der Waals surface area contributed by atoms with Crippen LogP contribution in [0.2, 0.25) is 0 Å². The maximum absolute atomic E-state index is 8.22. The Bertz CT molecular complexity index is 30.9. The fourth-order valence-corrected chi connectivity index (χ4v) is 0.602. The van der Waals surface area contributed by atoms with Crippen molar-refractivity contribution in [2.45, 2.75) is 0 Å². The molecular formula is C4H11NOS. The molecule has 2 N–H and O–H groups in total. The Labute approximate surface area is 48.3 Å². The average Bonchev–Trinajstić information content (AvgIpc) is 1.69. The maximum atomic E-state index is 8.22. The lowest BCUT2D eigenvalue weighted by Crippen LogP contribution is -2.16. The van der Waals surface area contributed by atoms with Gasteiger partial charge in [0.25, 0.3) is 0 Å². The lowest BCUT2D eigenvalue weighted by Gasteiger charge is -1.95. The number of aliphatic hydroxyl groups is 1. The highest BCUT2D eigenvalue weighted by molar-refractivity contribution is 7.98. The van der Waals surface area contributed by atoms with Gasteiger partial charge in [0.2, 0.25) is 0 Å². The second-order valence-corrected chi connectivity index (χ2v) is 2.02. The van der Waals surface area contributed by atoms with Crippen molar-refractivity contribution < 1.29 is 5.11 Å². The van der Waals surface area contributed by atoms with Crippen LogP contribution in [0.4, 0.5) is 0 Å². The van der Waals surface area contributed by atoms with Gasteiger partial charge in [-0.25, -0.2) is 0 Å². The van der Waals surface area contributed by atoms with E-state index < -0.39 is 0 Å². The quantitative estimate of drug-likeness (QED) is 0.402. The molecule has 0 fully saturated rings. The van der Waals surface area contributed by atoms with Crippen molar-refractivity contribution in [3.8, 4) is 0 Å². The molecule has 0 aliphatic heterocycles. The number of rotatable bonds is 4. The minimum Gasteiger partial charge on any atom is -0.395 e.